The van der Waals surface area contributed by atoms with Crippen molar-refractivity contribution >= 4 is 23.0 Å². The molecule has 11 heteroatoms. The molecule has 2 aromatic heterocycles. The van der Waals surface area contributed by atoms with E-state index in [-0.39, 0.29) is 23.5 Å². The van der Waals surface area contributed by atoms with Gasteiger partial charge in [-0.2, -0.15) is 23.1 Å². The van der Waals surface area contributed by atoms with E-state index in [1.165, 1.54) is 18.2 Å². The second kappa shape index (κ2) is 9.76. The molecule has 0 saturated carbocycles. The van der Waals surface area contributed by atoms with Gasteiger partial charge in [-0.1, -0.05) is 53.7 Å². The number of alkyl halides is 3. The average molecular weight is 507 g/mol. The van der Waals surface area contributed by atoms with Gasteiger partial charge in [0.1, 0.15) is 5.52 Å². The van der Waals surface area contributed by atoms with Crippen molar-refractivity contribution in [2.24, 2.45) is 0 Å². The Morgan fingerprint density at radius 2 is 1.73 bits per heavy atom. The molecular weight excluding hydrogens is 487 g/mol. The first-order valence-corrected chi connectivity index (χ1v) is 11.2. The molecule has 0 bridgehead atoms. The molecule has 0 aliphatic rings. The third kappa shape index (κ3) is 5.30. The Hall–Kier alpha value is -4.67. The smallest absolute Gasteiger partial charge is 0.423 e. The van der Waals surface area contributed by atoms with E-state index < -0.39 is 18.0 Å². The molecule has 2 heterocycles. The van der Waals surface area contributed by atoms with Crippen molar-refractivity contribution in [3.8, 4) is 22.5 Å². The third-order valence-electron chi connectivity index (χ3n) is 5.59. The molecule has 0 aliphatic heterocycles. The zero-order valence-corrected chi connectivity index (χ0v) is 19.5. The number of amides is 1. The van der Waals surface area contributed by atoms with Crippen molar-refractivity contribution < 1.29 is 26.9 Å². The molecule has 1 N–H and O–H groups in total. The summed E-state index contributed by atoms with van der Waals surface area (Å²) in [7, 11) is 1.80. The molecule has 0 spiro atoms. The normalized spacial score (nSPS) is 11.6. The highest BCUT2D eigenvalue weighted by Gasteiger charge is 2.38. The van der Waals surface area contributed by atoms with Crippen LogP contribution in [0.1, 0.15) is 16.2 Å². The van der Waals surface area contributed by atoms with Crippen molar-refractivity contribution in [3.63, 3.8) is 0 Å². The molecule has 0 unspecified atom stereocenters. The lowest BCUT2D eigenvalue weighted by Crippen LogP contribution is -2.33. The molecule has 3 aromatic carbocycles. The van der Waals surface area contributed by atoms with Gasteiger partial charge in [0.05, 0.1) is 0 Å². The Labute approximate surface area is 208 Å². The van der Waals surface area contributed by atoms with Crippen LogP contribution in [0, 0.1) is 0 Å². The van der Waals surface area contributed by atoms with Crippen LogP contribution in [0.2, 0.25) is 0 Å². The van der Waals surface area contributed by atoms with Gasteiger partial charge in [-0.05, 0) is 35.4 Å². The number of nitrogens with one attached hydrogen (secondary N) is 1. The van der Waals surface area contributed by atoms with Crippen LogP contribution in [0.15, 0.2) is 81.7 Å². The van der Waals surface area contributed by atoms with Gasteiger partial charge in [-0.3, -0.25) is 4.79 Å². The van der Waals surface area contributed by atoms with Crippen LogP contribution in [-0.2, 0) is 6.18 Å². The minimum absolute atomic E-state index is 0.227. The van der Waals surface area contributed by atoms with E-state index in [9.17, 15) is 18.0 Å². The average Bonchev–Trinajstić information content (AvgIpc) is 3.57. The van der Waals surface area contributed by atoms with Crippen molar-refractivity contribution in [2.75, 3.05) is 25.0 Å². The minimum atomic E-state index is -4.74. The van der Waals surface area contributed by atoms with Crippen molar-refractivity contribution in [1.82, 2.24) is 20.4 Å². The standard InChI is InChI=1S/C26H20F3N5O3/c1-34(25-31-20-15-17(10-11-21(20)36-25)16-6-3-2-4-7-16)13-12-30-23(35)19-9-5-8-18(14-19)22-32-24(37-33-22)26(27,28)29/h2-11,14-15H,12-13H2,1H3,(H,30,35). The van der Waals surface area contributed by atoms with Gasteiger partial charge >= 0.3 is 12.1 Å². The number of hydrogen-bond donors (Lipinski definition) is 1. The molecule has 8 nitrogen and oxygen atoms in total. The van der Waals surface area contributed by atoms with Crippen molar-refractivity contribution in [2.45, 2.75) is 6.18 Å². The molecule has 1 amide bonds. The Morgan fingerprint density at radius 1 is 0.946 bits per heavy atom. The Balaban J connectivity index is 1.21. The zero-order chi connectivity index (χ0) is 26.0. The van der Waals surface area contributed by atoms with Crippen LogP contribution in [-0.4, -0.2) is 41.2 Å². The second-order valence-electron chi connectivity index (χ2n) is 8.22. The Kier molecular flexibility index (Phi) is 6.34. The quantitative estimate of drug-likeness (QED) is 0.314. The largest absolute Gasteiger partial charge is 0.471 e. The van der Waals surface area contributed by atoms with E-state index >= 15 is 0 Å². The molecule has 5 rings (SSSR count). The maximum absolute atomic E-state index is 12.7. The summed E-state index contributed by atoms with van der Waals surface area (Å²) in [5, 5.41) is 6.13. The highest BCUT2D eigenvalue weighted by Crippen LogP contribution is 2.30. The molecule has 37 heavy (non-hydrogen) atoms. The first-order chi connectivity index (χ1) is 17.8. The fourth-order valence-electron chi connectivity index (χ4n) is 3.68. The minimum Gasteiger partial charge on any atom is -0.423 e. The van der Waals surface area contributed by atoms with Gasteiger partial charge in [-0.15, -0.1) is 0 Å². The number of likely N-dealkylation sites (N-methyl/N-ethyl adjacent to an activating group) is 1. The van der Waals surface area contributed by atoms with Gasteiger partial charge in [0.2, 0.25) is 5.82 Å². The number of hydrogen-bond acceptors (Lipinski definition) is 7. The number of nitrogens with zero attached hydrogens (tertiary/aromatic N) is 4. The van der Waals surface area contributed by atoms with Gasteiger partial charge in [0.15, 0.2) is 5.58 Å². The maximum atomic E-state index is 12.7. The van der Waals surface area contributed by atoms with Crippen LogP contribution in [0.3, 0.4) is 0 Å². The number of rotatable bonds is 7. The fraction of sp³-hybridized carbons (Fsp3) is 0.154. The van der Waals surface area contributed by atoms with Gasteiger partial charge < -0.3 is 19.2 Å². The number of oxazole rings is 1. The van der Waals surface area contributed by atoms with E-state index in [0.717, 1.165) is 16.6 Å². The lowest BCUT2D eigenvalue weighted by molar-refractivity contribution is -0.159. The SMILES string of the molecule is CN(CCNC(=O)c1cccc(-c2noc(C(F)(F)F)n2)c1)c1nc2cc(-c3ccccc3)ccc2o1. The summed E-state index contributed by atoms with van der Waals surface area (Å²) in [5.74, 6) is -2.11. The highest BCUT2D eigenvalue weighted by molar-refractivity contribution is 5.95. The van der Waals surface area contributed by atoms with Crippen LogP contribution in [0.25, 0.3) is 33.6 Å². The van der Waals surface area contributed by atoms with E-state index in [2.05, 4.69) is 25.0 Å². The summed E-state index contributed by atoms with van der Waals surface area (Å²) in [6, 6.07) is 22.1. The number of carbonyl (C=O) groups is 1. The predicted molar refractivity (Wildman–Crippen MR) is 130 cm³/mol. The van der Waals surface area contributed by atoms with Crippen LogP contribution < -0.4 is 10.2 Å². The molecule has 0 fully saturated rings. The molecule has 0 saturated heterocycles. The van der Waals surface area contributed by atoms with Gasteiger partial charge in [0, 0.05) is 31.3 Å². The number of benzene rings is 3. The van der Waals surface area contributed by atoms with Gasteiger partial charge in [-0.25, -0.2) is 0 Å². The van der Waals surface area contributed by atoms with Crippen LogP contribution >= 0.6 is 0 Å². The molecule has 0 aliphatic carbocycles. The van der Waals surface area contributed by atoms with Gasteiger partial charge in [0.25, 0.3) is 11.9 Å². The first-order valence-electron chi connectivity index (χ1n) is 11.2. The number of fused-ring (bicyclic) bond motifs is 1. The summed E-state index contributed by atoms with van der Waals surface area (Å²) in [5.41, 5.74) is 3.95. The molecule has 0 radical (unpaired) electrons. The fourth-order valence-corrected chi connectivity index (χ4v) is 3.68. The van der Waals surface area contributed by atoms with Crippen molar-refractivity contribution in [1.29, 1.82) is 0 Å². The van der Waals surface area contributed by atoms with E-state index in [1.54, 1.807) is 18.0 Å². The lowest BCUT2D eigenvalue weighted by atomic mass is 10.1. The van der Waals surface area contributed by atoms with Crippen LogP contribution in [0.5, 0.6) is 0 Å². The van der Waals surface area contributed by atoms with E-state index in [0.29, 0.717) is 18.1 Å². The number of halogens is 3. The molecule has 188 valence electrons. The summed E-state index contributed by atoms with van der Waals surface area (Å²) in [6.45, 7) is 0.678. The molecule has 0 atom stereocenters. The lowest BCUT2D eigenvalue weighted by Gasteiger charge is -2.14. The Morgan fingerprint density at radius 3 is 2.49 bits per heavy atom. The number of aromatic nitrogens is 3. The summed E-state index contributed by atoms with van der Waals surface area (Å²) >= 11 is 0. The van der Waals surface area contributed by atoms with Crippen molar-refractivity contribution in [3.05, 3.63) is 84.3 Å². The molecular formula is C26H20F3N5O3. The summed E-state index contributed by atoms with van der Waals surface area (Å²) in [4.78, 5) is 22.3. The molecule has 5 aromatic rings. The second-order valence-corrected chi connectivity index (χ2v) is 8.22. The first kappa shape index (κ1) is 24.0. The Bertz CT molecular complexity index is 1550. The third-order valence-corrected chi connectivity index (χ3v) is 5.59. The monoisotopic (exact) mass is 507 g/mol. The predicted octanol–water partition coefficient (Wildman–Crippen LogP) is 5.43. The van der Waals surface area contributed by atoms with E-state index in [1.807, 2.05) is 48.5 Å². The zero-order valence-electron chi connectivity index (χ0n) is 19.5. The maximum Gasteiger partial charge on any atom is 0.471 e. The number of carbonyl (C=O) groups excluding carboxylic acids is 1. The number of anilines is 1. The summed E-state index contributed by atoms with van der Waals surface area (Å²) < 4.78 is 48.3. The summed E-state index contributed by atoms with van der Waals surface area (Å²) in [6.07, 6.45) is -4.74. The topological polar surface area (TPSA) is 97.3 Å². The van der Waals surface area contributed by atoms with E-state index in [4.69, 9.17) is 4.42 Å². The highest BCUT2D eigenvalue weighted by atomic mass is 19.4. The van der Waals surface area contributed by atoms with Crippen LogP contribution in [0.4, 0.5) is 19.2 Å².